The van der Waals surface area contributed by atoms with Crippen molar-refractivity contribution in [3.8, 4) is 11.1 Å². The van der Waals surface area contributed by atoms with Gasteiger partial charge in [-0.15, -0.1) is 0 Å². The molecule has 0 saturated carbocycles. The topological polar surface area (TPSA) is 0 Å². The molecular formula is C26H26. The Kier molecular flexibility index (Phi) is 4.28. The highest BCUT2D eigenvalue weighted by atomic mass is 14.2. The van der Waals surface area contributed by atoms with Gasteiger partial charge in [0, 0.05) is 0 Å². The van der Waals surface area contributed by atoms with Crippen molar-refractivity contribution in [3.05, 3.63) is 83.9 Å². The van der Waals surface area contributed by atoms with Crippen LogP contribution in [0.2, 0.25) is 0 Å². The zero-order chi connectivity index (χ0) is 18.3. The van der Waals surface area contributed by atoms with E-state index in [0.717, 1.165) is 0 Å². The van der Waals surface area contributed by atoms with Crippen molar-refractivity contribution in [3.63, 3.8) is 0 Å². The third kappa shape index (κ3) is 2.70. The first kappa shape index (κ1) is 16.8. The van der Waals surface area contributed by atoms with Crippen molar-refractivity contribution in [2.45, 2.75) is 39.5 Å². The smallest absolute Gasteiger partial charge is 0.00211 e. The molecule has 4 rings (SSSR count). The molecule has 4 aromatic rings. The second-order valence-electron chi connectivity index (χ2n) is 7.81. The van der Waals surface area contributed by atoms with Crippen LogP contribution in [0.3, 0.4) is 0 Å². The molecule has 0 fully saturated rings. The quantitative estimate of drug-likeness (QED) is 0.333. The fourth-order valence-corrected chi connectivity index (χ4v) is 4.12. The summed E-state index contributed by atoms with van der Waals surface area (Å²) >= 11 is 0. The van der Waals surface area contributed by atoms with E-state index < -0.39 is 0 Å². The average Bonchev–Trinajstić information content (AvgIpc) is 2.65. The normalized spacial score (nSPS) is 11.8. The fraction of sp³-hybridized carbons (Fsp3) is 0.231. The number of hydrogen-bond acceptors (Lipinski definition) is 0. The molecule has 130 valence electrons. The molecule has 0 spiro atoms. The number of rotatable bonds is 3. The summed E-state index contributed by atoms with van der Waals surface area (Å²) in [5, 5.41) is 5.33. The maximum atomic E-state index is 2.32. The van der Waals surface area contributed by atoms with Crippen molar-refractivity contribution in [2.75, 3.05) is 0 Å². The second-order valence-corrected chi connectivity index (χ2v) is 7.81. The van der Waals surface area contributed by atoms with Gasteiger partial charge in [0.15, 0.2) is 0 Å². The third-order valence-electron chi connectivity index (χ3n) is 5.39. The summed E-state index contributed by atoms with van der Waals surface area (Å²) in [5.74, 6) is 0.975. The highest BCUT2D eigenvalue weighted by Crippen LogP contribution is 2.43. The van der Waals surface area contributed by atoms with E-state index in [9.17, 15) is 0 Å². The Morgan fingerprint density at radius 2 is 0.962 bits per heavy atom. The summed E-state index contributed by atoms with van der Waals surface area (Å²) in [4.78, 5) is 0. The van der Waals surface area contributed by atoms with Gasteiger partial charge in [-0.2, -0.15) is 0 Å². The molecule has 0 aliphatic rings. The van der Waals surface area contributed by atoms with Crippen LogP contribution in [0.15, 0.2) is 72.8 Å². The first-order valence-corrected chi connectivity index (χ1v) is 9.61. The standard InChI is InChI=1S/C26H26/c1-17(2)21-14-9-15-22(18(3)4)25(21)26-23-12-7-5-10-19(23)16-20-11-6-8-13-24(20)26/h5-18H,1-4H3. The Labute approximate surface area is 156 Å². The second kappa shape index (κ2) is 6.61. The average molecular weight is 338 g/mol. The minimum Gasteiger partial charge on any atom is -0.0617 e. The van der Waals surface area contributed by atoms with Gasteiger partial charge < -0.3 is 0 Å². The Hall–Kier alpha value is -2.60. The van der Waals surface area contributed by atoms with Crippen molar-refractivity contribution in [1.82, 2.24) is 0 Å². The Bertz CT molecular complexity index is 1000. The minimum absolute atomic E-state index is 0.487. The molecule has 0 unspecified atom stereocenters. The SMILES string of the molecule is CC(C)c1cccc(C(C)C)c1-c1c2ccccc2cc2ccccc12. The summed E-state index contributed by atoms with van der Waals surface area (Å²) < 4.78 is 0. The third-order valence-corrected chi connectivity index (χ3v) is 5.39. The molecule has 26 heavy (non-hydrogen) atoms. The van der Waals surface area contributed by atoms with Crippen LogP contribution in [0.5, 0.6) is 0 Å². The first-order valence-electron chi connectivity index (χ1n) is 9.61. The van der Waals surface area contributed by atoms with Crippen LogP contribution >= 0.6 is 0 Å². The van der Waals surface area contributed by atoms with Crippen LogP contribution in [-0.4, -0.2) is 0 Å². The number of fused-ring (bicyclic) bond motifs is 2. The zero-order valence-corrected chi connectivity index (χ0v) is 16.1. The molecule has 0 heterocycles. The molecule has 0 saturated heterocycles. The summed E-state index contributed by atoms with van der Waals surface area (Å²) in [7, 11) is 0. The van der Waals surface area contributed by atoms with Gasteiger partial charge in [-0.3, -0.25) is 0 Å². The Morgan fingerprint density at radius 1 is 0.500 bits per heavy atom. The first-order chi connectivity index (χ1) is 12.6. The molecule has 0 heteroatoms. The molecular weight excluding hydrogens is 312 g/mol. The monoisotopic (exact) mass is 338 g/mol. The summed E-state index contributed by atoms with van der Waals surface area (Å²) in [6.45, 7) is 9.21. The van der Waals surface area contributed by atoms with Crippen LogP contribution < -0.4 is 0 Å². The van der Waals surface area contributed by atoms with Gasteiger partial charge >= 0.3 is 0 Å². The van der Waals surface area contributed by atoms with Crippen molar-refractivity contribution in [1.29, 1.82) is 0 Å². The van der Waals surface area contributed by atoms with Crippen LogP contribution in [-0.2, 0) is 0 Å². The lowest BCUT2D eigenvalue weighted by Crippen LogP contribution is -2.01. The lowest BCUT2D eigenvalue weighted by molar-refractivity contribution is 0.839. The van der Waals surface area contributed by atoms with Crippen LogP contribution in [0.4, 0.5) is 0 Å². The van der Waals surface area contributed by atoms with Gasteiger partial charge in [-0.1, -0.05) is 94.4 Å². The Morgan fingerprint density at radius 3 is 1.42 bits per heavy atom. The van der Waals surface area contributed by atoms with Gasteiger partial charge in [0.05, 0.1) is 0 Å². The molecule has 0 atom stereocenters. The van der Waals surface area contributed by atoms with E-state index in [0.29, 0.717) is 11.8 Å². The molecule has 0 aliphatic heterocycles. The van der Waals surface area contributed by atoms with Gasteiger partial charge in [-0.25, -0.2) is 0 Å². The van der Waals surface area contributed by atoms with Crippen molar-refractivity contribution < 1.29 is 0 Å². The molecule has 0 nitrogen and oxygen atoms in total. The summed E-state index contributed by atoms with van der Waals surface area (Å²) in [5.41, 5.74) is 5.72. The van der Waals surface area contributed by atoms with E-state index >= 15 is 0 Å². The van der Waals surface area contributed by atoms with E-state index in [-0.39, 0.29) is 0 Å². The van der Waals surface area contributed by atoms with Gasteiger partial charge in [0.25, 0.3) is 0 Å². The van der Waals surface area contributed by atoms with E-state index in [4.69, 9.17) is 0 Å². The molecule has 0 radical (unpaired) electrons. The maximum absolute atomic E-state index is 2.32. The zero-order valence-electron chi connectivity index (χ0n) is 16.1. The van der Waals surface area contributed by atoms with Gasteiger partial charge in [0.2, 0.25) is 0 Å². The molecule has 0 aromatic heterocycles. The number of hydrogen-bond donors (Lipinski definition) is 0. The van der Waals surface area contributed by atoms with Crippen LogP contribution in [0, 0.1) is 0 Å². The minimum atomic E-state index is 0.487. The molecule has 0 bridgehead atoms. The van der Waals surface area contributed by atoms with E-state index in [1.54, 1.807) is 0 Å². The van der Waals surface area contributed by atoms with Gasteiger partial charge in [0.1, 0.15) is 0 Å². The molecule has 0 N–H and O–H groups in total. The molecule has 0 amide bonds. The maximum Gasteiger partial charge on any atom is -0.00211 e. The highest BCUT2D eigenvalue weighted by Gasteiger charge is 2.19. The Balaban J connectivity index is 2.25. The number of benzene rings is 4. The van der Waals surface area contributed by atoms with E-state index in [1.165, 1.54) is 43.8 Å². The van der Waals surface area contributed by atoms with Crippen LogP contribution in [0.25, 0.3) is 32.7 Å². The van der Waals surface area contributed by atoms with Crippen LogP contribution in [0.1, 0.15) is 50.7 Å². The van der Waals surface area contributed by atoms with Crippen molar-refractivity contribution in [2.24, 2.45) is 0 Å². The fourth-order valence-electron chi connectivity index (χ4n) is 4.12. The molecule has 0 aliphatic carbocycles. The lowest BCUT2D eigenvalue weighted by atomic mass is 9.81. The van der Waals surface area contributed by atoms with Gasteiger partial charge in [-0.05, 0) is 61.7 Å². The van der Waals surface area contributed by atoms with E-state index in [2.05, 4.69) is 100 Å². The predicted molar refractivity (Wildman–Crippen MR) is 115 cm³/mol. The summed E-state index contributed by atoms with van der Waals surface area (Å²) in [6.07, 6.45) is 0. The highest BCUT2D eigenvalue weighted by molar-refractivity contribution is 6.13. The molecule has 4 aromatic carbocycles. The predicted octanol–water partition coefficient (Wildman–Crippen LogP) is 7.91. The summed E-state index contributed by atoms with van der Waals surface area (Å²) in [6, 6.07) is 26.8. The largest absolute Gasteiger partial charge is 0.0617 e. The lowest BCUT2D eigenvalue weighted by Gasteiger charge is -2.22. The van der Waals surface area contributed by atoms with E-state index in [1.807, 2.05) is 0 Å². The van der Waals surface area contributed by atoms with Crippen molar-refractivity contribution >= 4 is 21.5 Å².